The van der Waals surface area contributed by atoms with Crippen LogP contribution in [0.25, 0.3) is 0 Å². The lowest BCUT2D eigenvalue weighted by atomic mass is 9.94. The Morgan fingerprint density at radius 3 is 2.94 bits per heavy atom. The first-order valence-electron chi connectivity index (χ1n) is 5.86. The number of benzene rings is 1. The molecule has 1 saturated heterocycles. The molecule has 0 radical (unpaired) electrons. The maximum atomic E-state index is 10.4. The van der Waals surface area contributed by atoms with Gasteiger partial charge in [-0.15, -0.1) is 11.8 Å². The van der Waals surface area contributed by atoms with E-state index in [9.17, 15) is 5.11 Å². The molecule has 2 atom stereocenters. The van der Waals surface area contributed by atoms with Crippen LogP contribution >= 0.6 is 11.8 Å². The molecule has 3 nitrogen and oxygen atoms in total. The second-order valence-corrected chi connectivity index (χ2v) is 5.81. The monoisotopic (exact) mass is 253 g/mol. The fourth-order valence-electron chi connectivity index (χ4n) is 1.99. The Hall–Kier alpha value is -0.710. The van der Waals surface area contributed by atoms with E-state index in [0.29, 0.717) is 0 Å². The van der Waals surface area contributed by atoms with Crippen LogP contribution in [-0.4, -0.2) is 36.2 Å². The van der Waals surface area contributed by atoms with Crippen molar-refractivity contribution < 1.29 is 9.84 Å². The molecule has 4 heteroatoms. The number of rotatable bonds is 3. The highest BCUT2D eigenvalue weighted by atomic mass is 32.2. The predicted molar refractivity (Wildman–Crippen MR) is 70.7 cm³/mol. The molecule has 0 amide bonds. The Bertz CT molecular complexity index is 381. The third-order valence-electron chi connectivity index (χ3n) is 3.17. The van der Waals surface area contributed by atoms with E-state index >= 15 is 0 Å². The Labute approximate surface area is 107 Å². The number of hydrogen-bond donors (Lipinski definition) is 2. The van der Waals surface area contributed by atoms with Crippen molar-refractivity contribution in [2.24, 2.45) is 0 Å². The number of methoxy groups -OCH3 is 1. The second-order valence-electron chi connectivity index (χ2n) is 4.57. The van der Waals surface area contributed by atoms with Gasteiger partial charge < -0.3 is 15.2 Å². The van der Waals surface area contributed by atoms with Crippen molar-refractivity contribution in [2.45, 2.75) is 29.1 Å². The van der Waals surface area contributed by atoms with Gasteiger partial charge in [-0.1, -0.05) is 12.1 Å². The van der Waals surface area contributed by atoms with Crippen LogP contribution in [-0.2, 0) is 0 Å². The summed E-state index contributed by atoms with van der Waals surface area (Å²) in [4.78, 5) is 1.09. The molecular weight excluding hydrogens is 234 g/mol. The number of nitrogens with one attached hydrogen (secondary N) is 1. The number of piperidine rings is 1. The van der Waals surface area contributed by atoms with Gasteiger partial charge in [-0.3, -0.25) is 0 Å². The molecule has 1 aliphatic heterocycles. The van der Waals surface area contributed by atoms with Crippen molar-refractivity contribution in [2.75, 3.05) is 20.2 Å². The Kier molecular flexibility index (Phi) is 3.97. The third kappa shape index (κ3) is 2.94. The minimum Gasteiger partial charge on any atom is -0.496 e. The maximum absolute atomic E-state index is 10.4. The van der Waals surface area contributed by atoms with Crippen LogP contribution in [0.15, 0.2) is 29.2 Å². The van der Waals surface area contributed by atoms with Crippen LogP contribution in [0.1, 0.15) is 13.3 Å². The molecule has 2 N–H and O–H groups in total. The van der Waals surface area contributed by atoms with E-state index in [4.69, 9.17) is 4.74 Å². The lowest BCUT2D eigenvalue weighted by Crippen LogP contribution is -2.50. The zero-order valence-electron chi connectivity index (χ0n) is 10.3. The summed E-state index contributed by atoms with van der Waals surface area (Å²) >= 11 is 1.69. The van der Waals surface area contributed by atoms with Gasteiger partial charge in [0.15, 0.2) is 0 Å². The molecule has 94 valence electrons. The van der Waals surface area contributed by atoms with Gasteiger partial charge in [-0.05, 0) is 32.0 Å². The van der Waals surface area contributed by atoms with Crippen LogP contribution in [0.4, 0.5) is 0 Å². The number of thioether (sulfide) groups is 1. The topological polar surface area (TPSA) is 41.5 Å². The van der Waals surface area contributed by atoms with Crippen molar-refractivity contribution in [1.29, 1.82) is 0 Å². The number of ether oxygens (including phenoxy) is 1. The molecule has 0 aromatic heterocycles. The van der Waals surface area contributed by atoms with Crippen molar-refractivity contribution in [3.05, 3.63) is 24.3 Å². The van der Waals surface area contributed by atoms with Gasteiger partial charge in [0.25, 0.3) is 0 Å². The quantitative estimate of drug-likeness (QED) is 0.863. The molecular formula is C13H19NO2S. The fourth-order valence-corrected chi connectivity index (χ4v) is 3.30. The molecule has 2 rings (SSSR count). The van der Waals surface area contributed by atoms with Crippen LogP contribution in [0.3, 0.4) is 0 Å². The van der Waals surface area contributed by atoms with E-state index in [1.54, 1.807) is 18.9 Å². The summed E-state index contributed by atoms with van der Waals surface area (Å²) in [6.45, 7) is 3.63. The fraction of sp³-hybridized carbons (Fsp3) is 0.538. The largest absolute Gasteiger partial charge is 0.496 e. The lowest BCUT2D eigenvalue weighted by Gasteiger charge is -2.37. The van der Waals surface area contributed by atoms with Gasteiger partial charge in [0.1, 0.15) is 5.75 Å². The van der Waals surface area contributed by atoms with Crippen LogP contribution in [0.2, 0.25) is 0 Å². The van der Waals surface area contributed by atoms with Gasteiger partial charge in [-0.25, -0.2) is 0 Å². The zero-order valence-corrected chi connectivity index (χ0v) is 11.1. The molecule has 0 aliphatic carbocycles. The van der Waals surface area contributed by atoms with Crippen LogP contribution in [0.5, 0.6) is 5.75 Å². The first-order valence-corrected chi connectivity index (χ1v) is 6.74. The highest BCUT2D eigenvalue weighted by Crippen LogP contribution is 2.37. The molecule has 1 aromatic rings. The van der Waals surface area contributed by atoms with E-state index in [0.717, 1.165) is 30.2 Å². The molecule has 0 spiro atoms. The molecule has 0 saturated carbocycles. The van der Waals surface area contributed by atoms with Gasteiger partial charge in [-0.2, -0.15) is 0 Å². The van der Waals surface area contributed by atoms with Gasteiger partial charge in [0.2, 0.25) is 0 Å². The summed E-state index contributed by atoms with van der Waals surface area (Å²) in [6.07, 6.45) is 0.791. The second kappa shape index (κ2) is 5.29. The summed E-state index contributed by atoms with van der Waals surface area (Å²) in [7, 11) is 1.68. The summed E-state index contributed by atoms with van der Waals surface area (Å²) in [6, 6.07) is 7.94. The van der Waals surface area contributed by atoms with Crippen molar-refractivity contribution in [3.63, 3.8) is 0 Å². The highest BCUT2D eigenvalue weighted by molar-refractivity contribution is 8.00. The van der Waals surface area contributed by atoms with E-state index in [2.05, 4.69) is 5.32 Å². The molecule has 1 heterocycles. The third-order valence-corrected chi connectivity index (χ3v) is 4.72. The normalized spacial score (nSPS) is 29.0. The van der Waals surface area contributed by atoms with Gasteiger partial charge in [0.05, 0.1) is 18.0 Å². The minimum absolute atomic E-state index is 0.160. The predicted octanol–water partition coefficient (Wildman–Crippen LogP) is 1.90. The molecule has 1 aromatic carbocycles. The number of para-hydroxylation sites is 1. The Morgan fingerprint density at radius 2 is 2.24 bits per heavy atom. The lowest BCUT2D eigenvalue weighted by molar-refractivity contribution is 0.0355. The average Bonchev–Trinajstić information content (AvgIpc) is 2.32. The smallest absolute Gasteiger partial charge is 0.132 e. The number of hydrogen-bond acceptors (Lipinski definition) is 4. The van der Waals surface area contributed by atoms with Crippen molar-refractivity contribution >= 4 is 11.8 Å². The average molecular weight is 253 g/mol. The summed E-state index contributed by atoms with van der Waals surface area (Å²) in [5.41, 5.74) is -0.614. The van der Waals surface area contributed by atoms with Gasteiger partial charge in [0, 0.05) is 11.4 Å². The summed E-state index contributed by atoms with van der Waals surface area (Å²) in [5, 5.41) is 13.8. The van der Waals surface area contributed by atoms with E-state index in [1.807, 2.05) is 31.2 Å². The standard InChI is InChI=1S/C13H19NO2S/c1-13(15)7-8-14-9-12(13)17-11-6-4-3-5-10(11)16-2/h3-6,12,14-15H,7-9H2,1-2H3. The minimum atomic E-state index is -0.614. The first kappa shape index (κ1) is 12.7. The van der Waals surface area contributed by atoms with Crippen molar-refractivity contribution in [1.82, 2.24) is 5.32 Å². The molecule has 2 unspecified atom stereocenters. The van der Waals surface area contributed by atoms with Crippen LogP contribution < -0.4 is 10.1 Å². The summed E-state index contributed by atoms with van der Waals surface area (Å²) < 4.78 is 5.33. The highest BCUT2D eigenvalue weighted by Gasteiger charge is 2.35. The molecule has 1 fully saturated rings. The first-order chi connectivity index (χ1) is 8.13. The molecule has 17 heavy (non-hydrogen) atoms. The molecule has 0 bridgehead atoms. The zero-order chi connectivity index (χ0) is 12.3. The van der Waals surface area contributed by atoms with E-state index < -0.39 is 5.60 Å². The Balaban J connectivity index is 2.14. The maximum Gasteiger partial charge on any atom is 0.132 e. The van der Waals surface area contributed by atoms with Crippen LogP contribution in [0, 0.1) is 0 Å². The SMILES string of the molecule is COc1ccccc1SC1CNCCC1(C)O. The van der Waals surface area contributed by atoms with E-state index in [1.165, 1.54) is 0 Å². The molecule has 1 aliphatic rings. The van der Waals surface area contributed by atoms with Gasteiger partial charge >= 0.3 is 0 Å². The van der Waals surface area contributed by atoms with Crippen molar-refractivity contribution in [3.8, 4) is 5.75 Å². The summed E-state index contributed by atoms with van der Waals surface area (Å²) in [5.74, 6) is 0.874. The number of aliphatic hydroxyl groups is 1. The Morgan fingerprint density at radius 1 is 1.47 bits per heavy atom. The van der Waals surface area contributed by atoms with E-state index in [-0.39, 0.29) is 5.25 Å².